The van der Waals surface area contributed by atoms with Crippen LogP contribution in [0.5, 0.6) is 0 Å². The second kappa shape index (κ2) is 7.44. The Balaban J connectivity index is 2.16. The van der Waals surface area contributed by atoms with Gasteiger partial charge in [-0.25, -0.2) is 0 Å². The summed E-state index contributed by atoms with van der Waals surface area (Å²) in [5.41, 5.74) is 1.29. The summed E-state index contributed by atoms with van der Waals surface area (Å²) < 4.78 is 6.21. The molecule has 0 saturated heterocycles. The fourth-order valence-corrected chi connectivity index (χ4v) is 3.66. The van der Waals surface area contributed by atoms with E-state index in [2.05, 4.69) is 31.3 Å². The molecule has 0 amide bonds. The van der Waals surface area contributed by atoms with Gasteiger partial charge in [-0.3, -0.25) is 0 Å². The van der Waals surface area contributed by atoms with Crippen LogP contribution in [0.3, 0.4) is 0 Å². The highest BCUT2D eigenvalue weighted by Gasteiger charge is 2.41. The molecule has 0 aromatic heterocycles. The van der Waals surface area contributed by atoms with E-state index in [0.29, 0.717) is 6.04 Å². The second-order valence-corrected chi connectivity index (χ2v) is 6.09. The van der Waals surface area contributed by atoms with E-state index in [0.717, 1.165) is 24.6 Å². The van der Waals surface area contributed by atoms with Crippen LogP contribution >= 0.6 is 11.6 Å². The number of ether oxygens (including phenoxy) is 1. The van der Waals surface area contributed by atoms with Crippen LogP contribution in [0.4, 0.5) is 0 Å². The fourth-order valence-electron chi connectivity index (χ4n) is 3.44. The van der Waals surface area contributed by atoms with E-state index in [1.54, 1.807) is 0 Å². The predicted octanol–water partition coefficient (Wildman–Crippen LogP) is 4.21. The van der Waals surface area contributed by atoms with Crippen LogP contribution in [0.25, 0.3) is 0 Å². The monoisotopic (exact) mass is 295 g/mol. The highest BCUT2D eigenvalue weighted by atomic mass is 35.5. The van der Waals surface area contributed by atoms with Crippen LogP contribution in [-0.2, 0) is 11.2 Å². The van der Waals surface area contributed by atoms with Crippen molar-refractivity contribution in [1.82, 2.24) is 5.32 Å². The number of halogens is 1. The summed E-state index contributed by atoms with van der Waals surface area (Å²) in [6.07, 6.45) is 5.86. The molecule has 20 heavy (non-hydrogen) atoms. The van der Waals surface area contributed by atoms with Gasteiger partial charge in [0.25, 0.3) is 0 Å². The Kier molecular flexibility index (Phi) is 5.88. The van der Waals surface area contributed by atoms with Crippen LogP contribution in [0, 0.1) is 0 Å². The van der Waals surface area contributed by atoms with Crippen molar-refractivity contribution in [3.05, 3.63) is 34.9 Å². The first-order valence-electron chi connectivity index (χ1n) is 7.82. The molecule has 112 valence electrons. The van der Waals surface area contributed by atoms with Gasteiger partial charge in [0.2, 0.25) is 0 Å². The minimum absolute atomic E-state index is 0.00702. The number of hydrogen-bond donors (Lipinski definition) is 1. The van der Waals surface area contributed by atoms with Gasteiger partial charge in [0.1, 0.15) is 0 Å². The molecule has 1 N–H and O–H groups in total. The van der Waals surface area contributed by atoms with Gasteiger partial charge in [0.15, 0.2) is 0 Å². The molecule has 0 bridgehead atoms. The van der Waals surface area contributed by atoms with E-state index in [4.69, 9.17) is 16.3 Å². The summed E-state index contributed by atoms with van der Waals surface area (Å²) >= 11 is 6.11. The van der Waals surface area contributed by atoms with Crippen molar-refractivity contribution in [3.63, 3.8) is 0 Å². The molecule has 1 unspecified atom stereocenters. The van der Waals surface area contributed by atoms with E-state index < -0.39 is 0 Å². The first kappa shape index (κ1) is 15.8. The Morgan fingerprint density at radius 3 is 2.65 bits per heavy atom. The van der Waals surface area contributed by atoms with Gasteiger partial charge in [-0.1, -0.05) is 43.5 Å². The molecule has 0 spiro atoms. The summed E-state index contributed by atoms with van der Waals surface area (Å²) in [7, 11) is 0. The summed E-state index contributed by atoms with van der Waals surface area (Å²) in [5.74, 6) is 0. The maximum Gasteiger partial charge on any atom is 0.0837 e. The first-order valence-corrected chi connectivity index (χ1v) is 8.20. The van der Waals surface area contributed by atoms with Gasteiger partial charge in [0.05, 0.1) is 5.60 Å². The van der Waals surface area contributed by atoms with Crippen LogP contribution in [0.1, 0.15) is 45.1 Å². The summed E-state index contributed by atoms with van der Waals surface area (Å²) in [6.45, 7) is 6.03. The van der Waals surface area contributed by atoms with Crippen molar-refractivity contribution in [1.29, 1.82) is 0 Å². The summed E-state index contributed by atoms with van der Waals surface area (Å²) in [5, 5.41) is 4.46. The van der Waals surface area contributed by atoms with E-state index >= 15 is 0 Å². The van der Waals surface area contributed by atoms with Crippen LogP contribution in [0.2, 0.25) is 5.02 Å². The normalized spacial score (nSPS) is 19.1. The highest BCUT2D eigenvalue weighted by molar-refractivity contribution is 6.30. The predicted molar refractivity (Wildman–Crippen MR) is 85.4 cm³/mol. The molecule has 1 fully saturated rings. The Morgan fingerprint density at radius 2 is 2.05 bits per heavy atom. The van der Waals surface area contributed by atoms with Crippen molar-refractivity contribution in [3.8, 4) is 0 Å². The number of likely N-dealkylation sites (N-methyl/N-ethyl adjacent to an activating group) is 1. The zero-order valence-electron chi connectivity index (χ0n) is 12.6. The molecule has 1 aliphatic carbocycles. The molecule has 2 nitrogen and oxygen atoms in total. The maximum atomic E-state index is 6.21. The van der Waals surface area contributed by atoms with Crippen LogP contribution < -0.4 is 5.32 Å². The van der Waals surface area contributed by atoms with Crippen molar-refractivity contribution in [2.75, 3.05) is 13.2 Å². The minimum Gasteiger partial charge on any atom is -0.374 e. The van der Waals surface area contributed by atoms with Gasteiger partial charge < -0.3 is 10.1 Å². The average Bonchev–Trinajstić information content (AvgIpc) is 2.89. The standard InChI is InChI=1S/C17H26ClNO/c1-3-19-16(13-14-8-7-9-15(18)12-14)17(20-4-2)10-5-6-11-17/h7-9,12,16,19H,3-6,10-11,13H2,1-2H3. The van der Waals surface area contributed by atoms with Crippen molar-refractivity contribution in [2.24, 2.45) is 0 Å². The molecule has 0 radical (unpaired) electrons. The van der Waals surface area contributed by atoms with Gasteiger partial charge in [-0.05, 0) is 50.4 Å². The first-order chi connectivity index (χ1) is 9.70. The van der Waals surface area contributed by atoms with E-state index in [-0.39, 0.29) is 5.60 Å². The van der Waals surface area contributed by atoms with Gasteiger partial charge in [0, 0.05) is 17.7 Å². The summed E-state index contributed by atoms with van der Waals surface area (Å²) in [6, 6.07) is 8.56. The number of benzene rings is 1. The smallest absolute Gasteiger partial charge is 0.0837 e. The van der Waals surface area contributed by atoms with Crippen LogP contribution in [-0.4, -0.2) is 24.8 Å². The largest absolute Gasteiger partial charge is 0.374 e. The maximum absolute atomic E-state index is 6.21. The van der Waals surface area contributed by atoms with E-state index in [9.17, 15) is 0 Å². The van der Waals surface area contributed by atoms with Crippen LogP contribution in [0.15, 0.2) is 24.3 Å². The Hall–Kier alpha value is -0.570. The Bertz CT molecular complexity index is 415. The molecule has 1 saturated carbocycles. The lowest BCUT2D eigenvalue weighted by molar-refractivity contribution is -0.0609. The lowest BCUT2D eigenvalue weighted by Crippen LogP contribution is -2.52. The van der Waals surface area contributed by atoms with Gasteiger partial charge in [-0.15, -0.1) is 0 Å². The molecule has 1 aromatic carbocycles. The van der Waals surface area contributed by atoms with Gasteiger partial charge in [-0.2, -0.15) is 0 Å². The molecular weight excluding hydrogens is 270 g/mol. The van der Waals surface area contributed by atoms with Crippen molar-refractivity contribution < 1.29 is 4.74 Å². The molecule has 0 aliphatic heterocycles. The quantitative estimate of drug-likeness (QED) is 0.813. The molecule has 1 aliphatic rings. The number of rotatable bonds is 7. The Morgan fingerprint density at radius 1 is 1.30 bits per heavy atom. The fraction of sp³-hybridized carbons (Fsp3) is 0.647. The lowest BCUT2D eigenvalue weighted by atomic mass is 9.87. The van der Waals surface area contributed by atoms with Crippen molar-refractivity contribution >= 4 is 11.6 Å². The highest BCUT2D eigenvalue weighted by Crippen LogP contribution is 2.37. The van der Waals surface area contributed by atoms with E-state index in [1.165, 1.54) is 31.2 Å². The SMILES string of the molecule is CCNC(Cc1cccc(Cl)c1)C1(OCC)CCCC1. The number of hydrogen-bond acceptors (Lipinski definition) is 2. The molecule has 3 heteroatoms. The average molecular weight is 296 g/mol. The lowest BCUT2D eigenvalue weighted by Gasteiger charge is -2.38. The third-order valence-corrected chi connectivity index (χ3v) is 4.53. The zero-order valence-corrected chi connectivity index (χ0v) is 13.4. The molecular formula is C17H26ClNO. The van der Waals surface area contributed by atoms with E-state index in [1.807, 2.05) is 12.1 Å². The van der Waals surface area contributed by atoms with Gasteiger partial charge >= 0.3 is 0 Å². The molecule has 1 aromatic rings. The zero-order chi connectivity index (χ0) is 14.4. The van der Waals surface area contributed by atoms with Crippen molar-refractivity contribution in [2.45, 2.75) is 57.6 Å². The Labute approximate surface area is 127 Å². The second-order valence-electron chi connectivity index (χ2n) is 5.65. The molecule has 2 rings (SSSR count). The molecule has 1 atom stereocenters. The topological polar surface area (TPSA) is 21.3 Å². The number of nitrogens with one attached hydrogen (secondary N) is 1. The third kappa shape index (κ3) is 3.75. The minimum atomic E-state index is 0.00702. The molecule has 0 heterocycles. The third-order valence-electron chi connectivity index (χ3n) is 4.30. The summed E-state index contributed by atoms with van der Waals surface area (Å²) in [4.78, 5) is 0.